The Morgan fingerprint density at radius 2 is 1.62 bits per heavy atom. The number of nitrogens with zero attached hydrogens (tertiary/aromatic N) is 2. The maximum Gasteiger partial charge on any atom is 0.308 e. The molecule has 160 valence electrons. The van der Waals surface area contributed by atoms with Crippen LogP contribution in [0.2, 0.25) is 0 Å². The van der Waals surface area contributed by atoms with E-state index in [0.29, 0.717) is 38.8 Å². The van der Waals surface area contributed by atoms with Gasteiger partial charge in [-0.2, -0.15) is 0 Å². The normalized spacial score (nSPS) is 19.9. The summed E-state index contributed by atoms with van der Waals surface area (Å²) in [5, 5.41) is 0. The van der Waals surface area contributed by atoms with Crippen LogP contribution < -0.4 is 0 Å². The molecule has 29 heavy (non-hydrogen) atoms. The highest BCUT2D eigenvalue weighted by molar-refractivity contribution is 7.88. The van der Waals surface area contributed by atoms with Crippen LogP contribution >= 0.6 is 0 Å². The van der Waals surface area contributed by atoms with Gasteiger partial charge in [0, 0.05) is 37.7 Å². The largest absolute Gasteiger partial charge is 0.469 e. The van der Waals surface area contributed by atoms with Crippen molar-refractivity contribution in [1.82, 2.24) is 9.21 Å². The third kappa shape index (κ3) is 5.14. The second kappa shape index (κ2) is 9.21. The number of carbonyl (C=O) groups excluding carboxylic acids is 2. The number of rotatable bonds is 5. The number of esters is 1. The van der Waals surface area contributed by atoms with Crippen LogP contribution in [0.15, 0.2) is 24.3 Å². The first kappa shape index (κ1) is 21.7. The summed E-state index contributed by atoms with van der Waals surface area (Å²) < 4.78 is 45.2. The van der Waals surface area contributed by atoms with Crippen molar-refractivity contribution in [2.45, 2.75) is 31.4 Å². The Balaban J connectivity index is 1.52. The van der Waals surface area contributed by atoms with Gasteiger partial charge in [-0.25, -0.2) is 17.1 Å². The number of carbonyl (C=O) groups is 2. The number of likely N-dealkylation sites (tertiary alicyclic amines) is 1. The van der Waals surface area contributed by atoms with Crippen LogP contribution in [0.3, 0.4) is 0 Å². The molecular weight excluding hydrogens is 399 g/mol. The molecule has 1 aromatic rings. The fourth-order valence-electron chi connectivity index (χ4n) is 4.04. The molecule has 0 radical (unpaired) electrons. The predicted molar refractivity (Wildman–Crippen MR) is 105 cm³/mol. The summed E-state index contributed by atoms with van der Waals surface area (Å²) in [5.74, 6) is -1.49. The second-order valence-electron chi connectivity index (χ2n) is 7.64. The van der Waals surface area contributed by atoms with Crippen molar-refractivity contribution >= 4 is 21.9 Å². The number of sulfonamides is 1. The Hall–Kier alpha value is -2.00. The van der Waals surface area contributed by atoms with Crippen molar-refractivity contribution < 1.29 is 27.1 Å². The van der Waals surface area contributed by atoms with E-state index >= 15 is 0 Å². The van der Waals surface area contributed by atoms with E-state index in [1.807, 2.05) is 0 Å². The van der Waals surface area contributed by atoms with E-state index in [1.165, 1.54) is 29.6 Å². The first-order chi connectivity index (χ1) is 13.8. The highest BCUT2D eigenvalue weighted by Gasteiger charge is 2.35. The molecule has 1 aromatic carbocycles. The number of ether oxygens (including phenoxy) is 1. The monoisotopic (exact) mass is 426 g/mol. The van der Waals surface area contributed by atoms with E-state index in [2.05, 4.69) is 0 Å². The van der Waals surface area contributed by atoms with Gasteiger partial charge in [-0.1, -0.05) is 18.2 Å². The molecule has 2 heterocycles. The summed E-state index contributed by atoms with van der Waals surface area (Å²) in [4.78, 5) is 26.2. The average Bonchev–Trinajstić information content (AvgIpc) is 2.74. The summed E-state index contributed by atoms with van der Waals surface area (Å²) >= 11 is 0. The Morgan fingerprint density at radius 3 is 2.21 bits per heavy atom. The Bertz CT molecular complexity index is 844. The van der Waals surface area contributed by atoms with Crippen LogP contribution in [0.25, 0.3) is 0 Å². The fraction of sp³-hybridized carbons (Fsp3) is 0.600. The van der Waals surface area contributed by atoms with Crippen molar-refractivity contribution in [1.29, 1.82) is 0 Å². The van der Waals surface area contributed by atoms with Gasteiger partial charge < -0.3 is 9.64 Å². The van der Waals surface area contributed by atoms with Crippen molar-refractivity contribution in [3.05, 3.63) is 35.6 Å². The maximum absolute atomic E-state index is 13.8. The molecule has 2 aliphatic rings. The quantitative estimate of drug-likeness (QED) is 0.670. The van der Waals surface area contributed by atoms with Gasteiger partial charge in [-0.15, -0.1) is 0 Å². The van der Waals surface area contributed by atoms with E-state index < -0.39 is 15.8 Å². The smallest absolute Gasteiger partial charge is 0.308 e. The molecule has 0 aliphatic carbocycles. The van der Waals surface area contributed by atoms with Crippen molar-refractivity contribution in [3.63, 3.8) is 0 Å². The number of piperidine rings is 2. The summed E-state index contributed by atoms with van der Waals surface area (Å²) in [7, 11) is -2.27. The number of amides is 1. The molecule has 7 nitrogen and oxygen atoms in total. The van der Waals surface area contributed by atoms with Gasteiger partial charge in [0.15, 0.2) is 0 Å². The summed E-state index contributed by atoms with van der Waals surface area (Å²) in [5.41, 5.74) is 0.152. The molecule has 0 unspecified atom stereocenters. The van der Waals surface area contributed by atoms with E-state index in [1.54, 1.807) is 11.0 Å². The highest BCUT2D eigenvalue weighted by atomic mass is 32.2. The summed E-state index contributed by atoms with van der Waals surface area (Å²) in [6, 6.07) is 5.86. The lowest BCUT2D eigenvalue weighted by Gasteiger charge is -2.36. The lowest BCUT2D eigenvalue weighted by atomic mass is 9.92. The second-order valence-corrected chi connectivity index (χ2v) is 9.61. The zero-order valence-corrected chi connectivity index (χ0v) is 17.4. The number of methoxy groups -OCH3 is 1. The minimum absolute atomic E-state index is 0.0273. The van der Waals surface area contributed by atoms with Crippen LogP contribution in [-0.4, -0.2) is 62.8 Å². The summed E-state index contributed by atoms with van der Waals surface area (Å²) in [6.45, 7) is 1.55. The number of benzene rings is 1. The molecule has 2 saturated heterocycles. The van der Waals surface area contributed by atoms with E-state index in [9.17, 15) is 22.4 Å². The first-order valence-corrected chi connectivity index (χ1v) is 11.5. The molecule has 0 saturated carbocycles. The van der Waals surface area contributed by atoms with E-state index in [0.717, 1.165) is 0 Å². The molecule has 1 amide bonds. The van der Waals surface area contributed by atoms with Gasteiger partial charge >= 0.3 is 5.97 Å². The maximum atomic E-state index is 13.8. The lowest BCUT2D eigenvalue weighted by Crippen LogP contribution is -2.47. The first-order valence-electron chi connectivity index (χ1n) is 9.89. The third-order valence-corrected chi connectivity index (χ3v) is 7.66. The molecular formula is C20H27FN2O5S. The van der Waals surface area contributed by atoms with Gasteiger partial charge in [0.2, 0.25) is 15.9 Å². The molecule has 0 aromatic heterocycles. The van der Waals surface area contributed by atoms with E-state index in [4.69, 9.17) is 4.74 Å². The van der Waals surface area contributed by atoms with Crippen molar-refractivity contribution in [2.24, 2.45) is 11.8 Å². The molecule has 0 spiro atoms. The van der Waals surface area contributed by atoms with Crippen LogP contribution in [-0.2, 0) is 30.1 Å². The molecule has 0 N–H and O–H groups in total. The van der Waals surface area contributed by atoms with Crippen LogP contribution in [0.5, 0.6) is 0 Å². The Kier molecular flexibility index (Phi) is 6.89. The average molecular weight is 427 g/mol. The van der Waals surface area contributed by atoms with Gasteiger partial charge in [-0.3, -0.25) is 9.59 Å². The minimum Gasteiger partial charge on any atom is -0.469 e. The molecule has 9 heteroatoms. The molecule has 2 fully saturated rings. The molecule has 3 rings (SSSR count). The molecule has 0 bridgehead atoms. The topological polar surface area (TPSA) is 84.0 Å². The van der Waals surface area contributed by atoms with Crippen molar-refractivity contribution in [2.75, 3.05) is 33.3 Å². The zero-order valence-electron chi connectivity index (χ0n) is 16.5. The van der Waals surface area contributed by atoms with Crippen molar-refractivity contribution in [3.8, 4) is 0 Å². The lowest BCUT2D eigenvalue weighted by molar-refractivity contribution is -0.149. The van der Waals surface area contributed by atoms with Crippen LogP contribution in [0, 0.1) is 17.7 Å². The fourth-order valence-corrected chi connectivity index (χ4v) is 5.62. The zero-order chi connectivity index (χ0) is 21.0. The van der Waals surface area contributed by atoms with Gasteiger partial charge in [0.05, 0.1) is 18.8 Å². The van der Waals surface area contributed by atoms with E-state index in [-0.39, 0.29) is 48.1 Å². The SMILES string of the molecule is COC(=O)C1CCN(C(=O)C2CCN(S(=O)(=O)Cc3ccccc3F)CC2)CC1. The minimum atomic E-state index is -3.64. The van der Waals surface area contributed by atoms with Crippen LogP contribution in [0.4, 0.5) is 4.39 Å². The van der Waals surface area contributed by atoms with Gasteiger partial charge in [-0.05, 0) is 31.7 Å². The molecule has 2 aliphatic heterocycles. The summed E-state index contributed by atoms with van der Waals surface area (Å²) in [6.07, 6.45) is 2.08. The standard InChI is InChI=1S/C20H27FN2O5S/c1-28-20(25)16-6-10-22(11-7-16)19(24)15-8-12-23(13-9-15)29(26,27)14-17-4-2-3-5-18(17)21/h2-5,15-16H,6-14H2,1H3. The van der Waals surface area contributed by atoms with Gasteiger partial charge in [0.1, 0.15) is 5.82 Å². The number of hydrogen-bond acceptors (Lipinski definition) is 5. The number of halogens is 1. The molecule has 0 atom stereocenters. The third-order valence-electron chi connectivity index (χ3n) is 5.83. The Morgan fingerprint density at radius 1 is 1.03 bits per heavy atom. The Labute approximate surface area is 170 Å². The number of hydrogen-bond donors (Lipinski definition) is 0. The van der Waals surface area contributed by atoms with Gasteiger partial charge in [0.25, 0.3) is 0 Å². The van der Waals surface area contributed by atoms with Crippen LogP contribution in [0.1, 0.15) is 31.2 Å². The highest BCUT2D eigenvalue weighted by Crippen LogP contribution is 2.26. The predicted octanol–water partition coefficient (Wildman–Crippen LogP) is 1.78.